The second-order valence-electron chi connectivity index (χ2n) is 4.84. The van der Waals surface area contributed by atoms with Gasteiger partial charge in [0.25, 0.3) is 0 Å². The van der Waals surface area contributed by atoms with Gasteiger partial charge in [0.15, 0.2) is 0 Å². The highest BCUT2D eigenvalue weighted by molar-refractivity contribution is 7.16. The van der Waals surface area contributed by atoms with Crippen LogP contribution in [0.4, 0.5) is 5.82 Å². The minimum atomic E-state index is 0.675. The number of nitrogens with zero attached hydrogens (tertiary/aromatic N) is 4. The van der Waals surface area contributed by atoms with Crippen LogP contribution in [0.2, 0.25) is 0 Å². The van der Waals surface area contributed by atoms with Gasteiger partial charge >= 0.3 is 0 Å². The first-order chi connectivity index (χ1) is 10.9. The zero-order valence-electron chi connectivity index (χ0n) is 11.7. The standard InChI is InChI=1S/C16H13N5S/c1-2-4-13(5-3-1)21-10-12(9-20-21)8-17-15-14-6-7-22-16(14)19-11-18-15/h1-7,9-11H,8H2,(H,17,18,19). The molecule has 1 N–H and O–H groups in total. The van der Waals surface area contributed by atoms with Gasteiger partial charge < -0.3 is 5.32 Å². The molecule has 0 radical (unpaired) electrons. The molecule has 0 bridgehead atoms. The van der Waals surface area contributed by atoms with E-state index >= 15 is 0 Å². The van der Waals surface area contributed by atoms with Gasteiger partial charge in [-0.05, 0) is 23.6 Å². The van der Waals surface area contributed by atoms with Crippen LogP contribution in [0.5, 0.6) is 0 Å². The topological polar surface area (TPSA) is 55.6 Å². The van der Waals surface area contributed by atoms with E-state index < -0.39 is 0 Å². The molecule has 4 aromatic rings. The fourth-order valence-corrected chi connectivity index (χ4v) is 3.02. The van der Waals surface area contributed by atoms with Crippen molar-refractivity contribution in [3.8, 4) is 5.69 Å². The van der Waals surface area contributed by atoms with Crippen LogP contribution in [0.15, 0.2) is 60.5 Å². The molecule has 0 amide bonds. The first-order valence-electron chi connectivity index (χ1n) is 6.91. The van der Waals surface area contributed by atoms with Gasteiger partial charge in [0, 0.05) is 18.3 Å². The molecule has 0 saturated heterocycles. The first-order valence-corrected chi connectivity index (χ1v) is 7.79. The maximum Gasteiger partial charge on any atom is 0.138 e. The van der Waals surface area contributed by atoms with Crippen LogP contribution in [0, 0.1) is 0 Å². The van der Waals surface area contributed by atoms with E-state index in [0.29, 0.717) is 6.54 Å². The van der Waals surface area contributed by atoms with E-state index in [0.717, 1.165) is 27.3 Å². The van der Waals surface area contributed by atoms with Crippen molar-refractivity contribution in [3.05, 3.63) is 66.1 Å². The minimum absolute atomic E-state index is 0.675. The van der Waals surface area contributed by atoms with E-state index in [1.165, 1.54) is 0 Å². The fourth-order valence-electron chi connectivity index (χ4n) is 2.29. The molecule has 0 unspecified atom stereocenters. The Morgan fingerprint density at radius 3 is 2.91 bits per heavy atom. The molecule has 0 aliphatic heterocycles. The van der Waals surface area contributed by atoms with Crippen molar-refractivity contribution < 1.29 is 0 Å². The number of para-hydroxylation sites is 1. The third kappa shape index (κ3) is 2.44. The molecule has 0 saturated carbocycles. The summed E-state index contributed by atoms with van der Waals surface area (Å²) in [5, 5.41) is 10.8. The summed E-state index contributed by atoms with van der Waals surface area (Å²) in [4.78, 5) is 9.57. The van der Waals surface area contributed by atoms with E-state index in [1.807, 2.05) is 58.9 Å². The highest BCUT2D eigenvalue weighted by atomic mass is 32.1. The van der Waals surface area contributed by atoms with Crippen LogP contribution in [0.1, 0.15) is 5.56 Å². The van der Waals surface area contributed by atoms with Crippen molar-refractivity contribution in [3.63, 3.8) is 0 Å². The van der Waals surface area contributed by atoms with Gasteiger partial charge in [0.1, 0.15) is 17.0 Å². The smallest absolute Gasteiger partial charge is 0.138 e. The number of hydrogen-bond acceptors (Lipinski definition) is 5. The van der Waals surface area contributed by atoms with E-state index in [4.69, 9.17) is 0 Å². The summed E-state index contributed by atoms with van der Waals surface area (Å²) in [6.07, 6.45) is 5.48. The van der Waals surface area contributed by atoms with E-state index in [1.54, 1.807) is 17.7 Å². The fraction of sp³-hybridized carbons (Fsp3) is 0.0625. The Kier molecular flexibility index (Phi) is 3.29. The Balaban J connectivity index is 1.53. The highest BCUT2D eigenvalue weighted by Gasteiger charge is 2.05. The molecule has 0 atom stereocenters. The van der Waals surface area contributed by atoms with Crippen molar-refractivity contribution in [2.24, 2.45) is 0 Å². The van der Waals surface area contributed by atoms with Crippen molar-refractivity contribution in [1.82, 2.24) is 19.7 Å². The predicted octanol–water partition coefficient (Wildman–Crippen LogP) is 3.49. The molecule has 3 heterocycles. The molecule has 6 heteroatoms. The summed E-state index contributed by atoms with van der Waals surface area (Å²) in [6.45, 7) is 0.675. The largest absolute Gasteiger partial charge is 0.365 e. The highest BCUT2D eigenvalue weighted by Crippen LogP contribution is 2.24. The molecule has 108 valence electrons. The molecular weight excluding hydrogens is 294 g/mol. The summed E-state index contributed by atoms with van der Waals surface area (Å²) in [6, 6.07) is 12.1. The predicted molar refractivity (Wildman–Crippen MR) is 88.3 cm³/mol. The molecule has 1 aromatic carbocycles. The van der Waals surface area contributed by atoms with Gasteiger partial charge in [0.2, 0.25) is 0 Å². The Labute approximate surface area is 131 Å². The lowest BCUT2D eigenvalue weighted by atomic mass is 10.3. The summed E-state index contributed by atoms with van der Waals surface area (Å²) in [5.41, 5.74) is 2.15. The Bertz CT molecular complexity index is 897. The van der Waals surface area contributed by atoms with Crippen LogP contribution in [-0.4, -0.2) is 19.7 Å². The van der Waals surface area contributed by atoms with Crippen molar-refractivity contribution in [2.45, 2.75) is 6.54 Å². The maximum absolute atomic E-state index is 4.40. The summed E-state index contributed by atoms with van der Waals surface area (Å²) < 4.78 is 1.87. The zero-order chi connectivity index (χ0) is 14.8. The summed E-state index contributed by atoms with van der Waals surface area (Å²) >= 11 is 1.62. The molecule has 0 aliphatic rings. The zero-order valence-corrected chi connectivity index (χ0v) is 12.5. The van der Waals surface area contributed by atoms with Crippen molar-refractivity contribution in [2.75, 3.05) is 5.32 Å². The van der Waals surface area contributed by atoms with Gasteiger partial charge in [0.05, 0.1) is 17.3 Å². The summed E-state index contributed by atoms with van der Waals surface area (Å²) in [7, 11) is 0. The van der Waals surface area contributed by atoms with E-state index in [-0.39, 0.29) is 0 Å². The molecular formula is C16H13N5S. The molecule has 5 nitrogen and oxygen atoms in total. The number of aromatic nitrogens is 4. The maximum atomic E-state index is 4.40. The lowest BCUT2D eigenvalue weighted by Crippen LogP contribution is -2.01. The number of nitrogens with one attached hydrogen (secondary N) is 1. The Morgan fingerprint density at radius 2 is 2.00 bits per heavy atom. The van der Waals surface area contributed by atoms with Crippen molar-refractivity contribution >= 4 is 27.4 Å². The van der Waals surface area contributed by atoms with Crippen LogP contribution in [-0.2, 0) is 6.54 Å². The quantitative estimate of drug-likeness (QED) is 0.627. The molecule has 0 aliphatic carbocycles. The summed E-state index contributed by atoms with van der Waals surface area (Å²) in [5.74, 6) is 0.860. The normalized spacial score (nSPS) is 10.9. The SMILES string of the molecule is c1ccc(-n2cc(CNc3ncnc4sccc34)cn2)cc1. The monoisotopic (exact) mass is 307 g/mol. The number of anilines is 1. The molecule has 4 rings (SSSR count). The van der Waals surface area contributed by atoms with Gasteiger partial charge in [-0.15, -0.1) is 11.3 Å². The number of hydrogen-bond donors (Lipinski definition) is 1. The lowest BCUT2D eigenvalue weighted by molar-refractivity contribution is 0.880. The average molecular weight is 307 g/mol. The van der Waals surface area contributed by atoms with Crippen LogP contribution < -0.4 is 5.32 Å². The third-order valence-electron chi connectivity index (χ3n) is 3.38. The van der Waals surface area contributed by atoms with Crippen LogP contribution in [0.25, 0.3) is 15.9 Å². The average Bonchev–Trinajstić information content (AvgIpc) is 3.23. The third-order valence-corrected chi connectivity index (χ3v) is 4.20. The number of fused-ring (bicyclic) bond motifs is 1. The van der Waals surface area contributed by atoms with E-state index in [2.05, 4.69) is 20.4 Å². The molecule has 0 fully saturated rings. The number of benzene rings is 1. The number of thiophene rings is 1. The molecule has 22 heavy (non-hydrogen) atoms. The Morgan fingerprint density at radius 1 is 1.09 bits per heavy atom. The lowest BCUT2D eigenvalue weighted by Gasteiger charge is -2.04. The van der Waals surface area contributed by atoms with Gasteiger partial charge in [-0.3, -0.25) is 0 Å². The first kappa shape index (κ1) is 13.0. The number of rotatable bonds is 4. The molecule has 0 spiro atoms. The van der Waals surface area contributed by atoms with Crippen LogP contribution >= 0.6 is 11.3 Å². The Hall–Kier alpha value is -2.73. The van der Waals surface area contributed by atoms with E-state index in [9.17, 15) is 0 Å². The van der Waals surface area contributed by atoms with Gasteiger partial charge in [-0.1, -0.05) is 18.2 Å². The molecule has 3 aromatic heterocycles. The van der Waals surface area contributed by atoms with Crippen LogP contribution in [0.3, 0.4) is 0 Å². The van der Waals surface area contributed by atoms with Crippen molar-refractivity contribution in [1.29, 1.82) is 0 Å². The van der Waals surface area contributed by atoms with Gasteiger partial charge in [-0.2, -0.15) is 5.10 Å². The second kappa shape index (κ2) is 5.57. The van der Waals surface area contributed by atoms with Gasteiger partial charge in [-0.25, -0.2) is 14.6 Å². The minimum Gasteiger partial charge on any atom is -0.365 e. The second-order valence-corrected chi connectivity index (χ2v) is 5.74.